The Morgan fingerprint density at radius 2 is 1.97 bits per heavy atom. The van der Waals surface area contributed by atoms with Crippen molar-refractivity contribution >= 4 is 11.7 Å². The van der Waals surface area contributed by atoms with Gasteiger partial charge in [0, 0.05) is 43.6 Å². The fourth-order valence-electron chi connectivity index (χ4n) is 4.77. The van der Waals surface area contributed by atoms with E-state index in [0.717, 1.165) is 62.4 Å². The van der Waals surface area contributed by atoms with Crippen molar-refractivity contribution in [2.24, 2.45) is 5.92 Å². The number of aromatic nitrogens is 3. The smallest absolute Gasteiger partial charge is 0.227 e. The second-order valence-electron chi connectivity index (χ2n) is 8.22. The number of amides is 1. The van der Waals surface area contributed by atoms with Gasteiger partial charge in [0.1, 0.15) is 0 Å². The van der Waals surface area contributed by atoms with E-state index < -0.39 is 0 Å². The van der Waals surface area contributed by atoms with E-state index in [-0.39, 0.29) is 5.92 Å². The summed E-state index contributed by atoms with van der Waals surface area (Å²) >= 11 is 0. The molecule has 1 aliphatic heterocycles. The molecule has 1 atom stereocenters. The van der Waals surface area contributed by atoms with Crippen LogP contribution in [0.2, 0.25) is 0 Å². The minimum Gasteiger partial charge on any atom is -0.354 e. The Morgan fingerprint density at radius 3 is 2.66 bits per heavy atom. The molecule has 0 bridgehead atoms. The Balaban J connectivity index is 1.43. The molecule has 0 N–H and O–H groups in total. The summed E-state index contributed by atoms with van der Waals surface area (Å²) in [5, 5.41) is 8.84. The topological polar surface area (TPSA) is 62.2 Å². The van der Waals surface area contributed by atoms with Crippen molar-refractivity contribution < 1.29 is 4.79 Å². The van der Waals surface area contributed by atoms with Gasteiger partial charge in [-0.25, -0.2) is 0 Å². The van der Waals surface area contributed by atoms with Gasteiger partial charge in [-0.3, -0.25) is 9.78 Å². The van der Waals surface area contributed by atoms with Crippen molar-refractivity contribution in [3.05, 3.63) is 36.7 Å². The van der Waals surface area contributed by atoms with Crippen molar-refractivity contribution in [1.82, 2.24) is 20.1 Å². The molecule has 1 aliphatic carbocycles. The standard InChI is InChI=1S/C23H31N5O/c1-2-28(20-10-4-3-5-11-20)23(29)19-9-7-15-27(17-19)22-13-12-21(25-26-22)18-8-6-14-24-16-18/h6,8,12-14,16,19-20H,2-5,7,9-11,15,17H2,1H3. The summed E-state index contributed by atoms with van der Waals surface area (Å²) in [6.45, 7) is 4.61. The average Bonchev–Trinajstić information content (AvgIpc) is 2.81. The molecule has 29 heavy (non-hydrogen) atoms. The molecule has 0 aromatic carbocycles. The van der Waals surface area contributed by atoms with Crippen LogP contribution in [0.4, 0.5) is 5.82 Å². The van der Waals surface area contributed by atoms with Crippen LogP contribution < -0.4 is 4.90 Å². The van der Waals surface area contributed by atoms with E-state index in [1.165, 1.54) is 19.3 Å². The minimum atomic E-state index is 0.0606. The summed E-state index contributed by atoms with van der Waals surface area (Å²) in [5.74, 6) is 1.25. The third-order valence-electron chi connectivity index (χ3n) is 6.34. The highest BCUT2D eigenvalue weighted by Gasteiger charge is 2.32. The third-order valence-corrected chi connectivity index (χ3v) is 6.34. The number of pyridine rings is 1. The summed E-state index contributed by atoms with van der Waals surface area (Å²) in [7, 11) is 0. The van der Waals surface area contributed by atoms with Crippen LogP contribution in [-0.4, -0.2) is 51.7 Å². The van der Waals surface area contributed by atoms with E-state index in [2.05, 4.69) is 31.9 Å². The van der Waals surface area contributed by atoms with Gasteiger partial charge in [-0.15, -0.1) is 10.2 Å². The quantitative estimate of drug-likeness (QED) is 0.770. The molecule has 1 unspecified atom stereocenters. The Bertz CT molecular complexity index is 789. The lowest BCUT2D eigenvalue weighted by molar-refractivity contribution is -0.138. The lowest BCUT2D eigenvalue weighted by atomic mass is 9.91. The molecule has 3 heterocycles. The van der Waals surface area contributed by atoms with Crippen molar-refractivity contribution in [3.63, 3.8) is 0 Å². The maximum atomic E-state index is 13.3. The molecule has 2 fully saturated rings. The van der Waals surface area contributed by atoms with E-state index in [1.54, 1.807) is 12.4 Å². The van der Waals surface area contributed by atoms with Crippen LogP contribution in [0, 0.1) is 5.92 Å². The average molecular weight is 394 g/mol. The van der Waals surface area contributed by atoms with Gasteiger partial charge in [0.2, 0.25) is 5.91 Å². The number of hydrogen-bond acceptors (Lipinski definition) is 5. The number of carbonyl (C=O) groups excluding carboxylic acids is 1. The van der Waals surface area contributed by atoms with Crippen LogP contribution in [-0.2, 0) is 4.79 Å². The zero-order valence-electron chi connectivity index (χ0n) is 17.3. The zero-order valence-corrected chi connectivity index (χ0v) is 17.3. The van der Waals surface area contributed by atoms with Crippen LogP contribution in [0.5, 0.6) is 0 Å². The monoisotopic (exact) mass is 393 g/mol. The van der Waals surface area contributed by atoms with E-state index in [1.807, 2.05) is 24.3 Å². The van der Waals surface area contributed by atoms with Crippen LogP contribution >= 0.6 is 0 Å². The lowest BCUT2D eigenvalue weighted by Crippen LogP contribution is -2.49. The Labute approximate surface area is 173 Å². The van der Waals surface area contributed by atoms with Crippen LogP contribution in [0.3, 0.4) is 0 Å². The predicted molar refractivity (Wildman–Crippen MR) is 114 cm³/mol. The molecule has 6 heteroatoms. The predicted octanol–water partition coefficient (Wildman–Crippen LogP) is 3.94. The van der Waals surface area contributed by atoms with Crippen molar-refractivity contribution in [1.29, 1.82) is 0 Å². The third kappa shape index (κ3) is 4.57. The molecule has 4 rings (SSSR count). The molecule has 0 spiro atoms. The fraction of sp³-hybridized carbons (Fsp3) is 0.565. The normalized spacial score (nSPS) is 20.4. The van der Waals surface area contributed by atoms with Crippen molar-refractivity contribution in [2.75, 3.05) is 24.5 Å². The van der Waals surface area contributed by atoms with Gasteiger partial charge >= 0.3 is 0 Å². The van der Waals surface area contributed by atoms with Gasteiger partial charge in [-0.2, -0.15) is 0 Å². The van der Waals surface area contributed by atoms with Gasteiger partial charge in [0.25, 0.3) is 0 Å². The maximum Gasteiger partial charge on any atom is 0.227 e. The summed E-state index contributed by atoms with van der Waals surface area (Å²) in [5.41, 5.74) is 1.78. The van der Waals surface area contributed by atoms with E-state index in [4.69, 9.17) is 0 Å². The Morgan fingerprint density at radius 1 is 1.10 bits per heavy atom. The van der Waals surface area contributed by atoms with Gasteiger partial charge in [-0.05, 0) is 56.9 Å². The molecule has 6 nitrogen and oxygen atoms in total. The first kappa shape index (κ1) is 19.8. The highest BCUT2D eigenvalue weighted by atomic mass is 16.2. The molecule has 2 aliphatic rings. The maximum absolute atomic E-state index is 13.3. The zero-order chi connectivity index (χ0) is 20.1. The van der Waals surface area contributed by atoms with Gasteiger partial charge in [0.05, 0.1) is 11.6 Å². The molecular weight excluding hydrogens is 362 g/mol. The first-order chi connectivity index (χ1) is 14.3. The second kappa shape index (κ2) is 9.33. The summed E-state index contributed by atoms with van der Waals surface area (Å²) in [6.07, 6.45) is 11.7. The number of carbonyl (C=O) groups is 1. The number of nitrogens with zero attached hydrogens (tertiary/aromatic N) is 5. The molecular formula is C23H31N5O. The van der Waals surface area contributed by atoms with E-state index >= 15 is 0 Å². The lowest BCUT2D eigenvalue weighted by Gasteiger charge is -2.39. The molecule has 2 aromatic heterocycles. The number of rotatable bonds is 5. The molecule has 1 saturated heterocycles. The SMILES string of the molecule is CCN(C(=O)C1CCCN(c2ccc(-c3cccnc3)nn2)C1)C1CCCCC1. The minimum absolute atomic E-state index is 0.0606. The largest absolute Gasteiger partial charge is 0.354 e. The highest BCUT2D eigenvalue weighted by molar-refractivity contribution is 5.80. The van der Waals surface area contributed by atoms with Gasteiger partial charge in [0.15, 0.2) is 5.82 Å². The van der Waals surface area contributed by atoms with Crippen LogP contribution in [0.25, 0.3) is 11.3 Å². The highest BCUT2D eigenvalue weighted by Crippen LogP contribution is 2.28. The Hall–Kier alpha value is -2.50. The molecule has 2 aromatic rings. The summed E-state index contributed by atoms with van der Waals surface area (Å²) in [4.78, 5) is 21.8. The number of piperidine rings is 1. The number of anilines is 1. The second-order valence-corrected chi connectivity index (χ2v) is 8.22. The van der Waals surface area contributed by atoms with Crippen LogP contribution in [0.15, 0.2) is 36.7 Å². The first-order valence-corrected chi connectivity index (χ1v) is 11.1. The summed E-state index contributed by atoms with van der Waals surface area (Å²) in [6, 6.07) is 8.33. The van der Waals surface area contributed by atoms with Gasteiger partial charge in [-0.1, -0.05) is 19.3 Å². The van der Waals surface area contributed by atoms with Gasteiger partial charge < -0.3 is 9.80 Å². The molecule has 1 amide bonds. The van der Waals surface area contributed by atoms with Crippen molar-refractivity contribution in [3.8, 4) is 11.3 Å². The van der Waals surface area contributed by atoms with E-state index in [9.17, 15) is 4.79 Å². The fourth-order valence-corrected chi connectivity index (χ4v) is 4.77. The molecule has 0 radical (unpaired) electrons. The molecule has 1 saturated carbocycles. The first-order valence-electron chi connectivity index (χ1n) is 11.1. The van der Waals surface area contributed by atoms with E-state index in [0.29, 0.717) is 11.9 Å². The molecule has 154 valence electrons. The number of hydrogen-bond donors (Lipinski definition) is 0. The van der Waals surface area contributed by atoms with Crippen LogP contribution in [0.1, 0.15) is 51.9 Å². The Kier molecular flexibility index (Phi) is 6.37. The van der Waals surface area contributed by atoms with Crippen molar-refractivity contribution in [2.45, 2.75) is 57.9 Å². The summed E-state index contributed by atoms with van der Waals surface area (Å²) < 4.78 is 0.